The van der Waals surface area contributed by atoms with Crippen molar-refractivity contribution in [3.8, 4) is 28.4 Å². The summed E-state index contributed by atoms with van der Waals surface area (Å²) < 4.78 is 83.8. The monoisotopic (exact) mass is 550 g/mol. The fraction of sp³-hybridized carbons (Fsp3) is 0.154. The van der Waals surface area contributed by atoms with E-state index < -0.39 is 30.3 Å². The van der Waals surface area contributed by atoms with Gasteiger partial charge in [-0.25, -0.2) is 9.48 Å². The summed E-state index contributed by atoms with van der Waals surface area (Å²) in [6.45, 7) is 3.82. The minimum absolute atomic E-state index is 0.194. The van der Waals surface area contributed by atoms with Gasteiger partial charge in [0, 0.05) is 17.3 Å². The average Bonchev–Trinajstić information content (AvgIpc) is 3.24. The summed E-state index contributed by atoms with van der Waals surface area (Å²) in [7, 11) is 0. The molecule has 0 aliphatic carbocycles. The molecule has 1 aromatic heterocycles. The summed E-state index contributed by atoms with van der Waals surface area (Å²) in [5.41, 5.74) is 3.57. The fourth-order valence-corrected chi connectivity index (χ4v) is 3.51. The van der Waals surface area contributed by atoms with Gasteiger partial charge < -0.3 is 14.8 Å². The number of benzene rings is 3. The molecule has 0 bridgehead atoms. The van der Waals surface area contributed by atoms with Gasteiger partial charge >= 0.3 is 18.8 Å². The first-order valence-corrected chi connectivity index (χ1v) is 11.2. The van der Waals surface area contributed by atoms with Crippen LogP contribution in [0.5, 0.6) is 11.5 Å². The first kappa shape index (κ1) is 27.4. The minimum atomic E-state index is -4.84. The van der Waals surface area contributed by atoms with Gasteiger partial charge in [0.2, 0.25) is 0 Å². The van der Waals surface area contributed by atoms with Gasteiger partial charge in [0.15, 0.2) is 0 Å². The van der Waals surface area contributed by atoms with Crippen LogP contribution in [-0.4, -0.2) is 28.5 Å². The summed E-state index contributed by atoms with van der Waals surface area (Å²) in [4.78, 5) is 12.7. The number of urea groups is 1. The Morgan fingerprint density at radius 1 is 0.744 bits per heavy atom. The highest BCUT2D eigenvalue weighted by Gasteiger charge is 2.31. The van der Waals surface area contributed by atoms with E-state index in [2.05, 4.69) is 25.2 Å². The summed E-state index contributed by atoms with van der Waals surface area (Å²) >= 11 is 0. The van der Waals surface area contributed by atoms with Crippen LogP contribution < -0.4 is 20.1 Å². The third kappa shape index (κ3) is 7.43. The van der Waals surface area contributed by atoms with E-state index in [9.17, 15) is 31.1 Å². The third-order valence-corrected chi connectivity index (χ3v) is 5.42. The lowest BCUT2D eigenvalue weighted by atomic mass is 10.1. The number of carbonyl (C=O) groups is 1. The highest BCUT2D eigenvalue weighted by Crippen LogP contribution is 2.29. The quantitative estimate of drug-likeness (QED) is 0.243. The number of rotatable bonds is 6. The molecule has 0 aliphatic heterocycles. The number of nitrogens with one attached hydrogen (secondary N) is 2. The van der Waals surface area contributed by atoms with E-state index in [4.69, 9.17) is 0 Å². The van der Waals surface area contributed by atoms with E-state index in [1.807, 2.05) is 26.0 Å². The molecule has 0 unspecified atom stereocenters. The Balaban J connectivity index is 1.59. The first-order valence-electron chi connectivity index (χ1n) is 11.2. The van der Waals surface area contributed by atoms with Crippen molar-refractivity contribution in [3.05, 3.63) is 83.9 Å². The molecule has 39 heavy (non-hydrogen) atoms. The number of amides is 2. The molecule has 0 spiro atoms. The predicted molar refractivity (Wildman–Crippen MR) is 131 cm³/mol. The number of hydrogen-bond acceptors (Lipinski definition) is 4. The number of nitrogens with zero attached hydrogens (tertiary/aromatic N) is 2. The molecule has 2 N–H and O–H groups in total. The largest absolute Gasteiger partial charge is 0.573 e. The maximum Gasteiger partial charge on any atom is 0.573 e. The van der Waals surface area contributed by atoms with Crippen molar-refractivity contribution in [2.45, 2.75) is 26.6 Å². The molecule has 0 aliphatic rings. The van der Waals surface area contributed by atoms with Crippen LogP contribution in [0.1, 0.15) is 11.1 Å². The lowest BCUT2D eigenvalue weighted by Gasteiger charge is -2.12. The van der Waals surface area contributed by atoms with Gasteiger partial charge in [-0.15, -0.1) is 26.3 Å². The number of aromatic nitrogens is 2. The van der Waals surface area contributed by atoms with Crippen LogP contribution in [0.4, 0.5) is 42.6 Å². The molecular weight excluding hydrogens is 530 g/mol. The van der Waals surface area contributed by atoms with Crippen LogP contribution in [0, 0.1) is 13.8 Å². The molecular formula is C26H20F6N4O3. The lowest BCUT2D eigenvalue weighted by molar-refractivity contribution is -0.275. The highest BCUT2D eigenvalue weighted by atomic mass is 19.4. The highest BCUT2D eigenvalue weighted by molar-refractivity contribution is 5.99. The number of halogens is 6. The molecule has 0 fully saturated rings. The van der Waals surface area contributed by atoms with Crippen molar-refractivity contribution >= 4 is 17.5 Å². The maximum absolute atomic E-state index is 12.7. The van der Waals surface area contributed by atoms with Crippen molar-refractivity contribution in [1.29, 1.82) is 0 Å². The smallest absolute Gasteiger partial charge is 0.406 e. The van der Waals surface area contributed by atoms with Gasteiger partial charge in [0.05, 0.1) is 11.4 Å². The van der Waals surface area contributed by atoms with E-state index in [1.165, 1.54) is 35.0 Å². The van der Waals surface area contributed by atoms with Gasteiger partial charge in [0.1, 0.15) is 17.3 Å². The molecule has 4 aromatic rings. The summed E-state index contributed by atoms with van der Waals surface area (Å²) in [5, 5.41) is 9.67. The molecule has 13 heteroatoms. The fourth-order valence-electron chi connectivity index (χ4n) is 3.51. The molecule has 4 rings (SSSR count). The third-order valence-electron chi connectivity index (χ3n) is 5.42. The Hall–Kier alpha value is -4.68. The Bertz CT molecular complexity index is 1460. The van der Waals surface area contributed by atoms with Gasteiger partial charge in [-0.2, -0.15) is 5.10 Å². The minimum Gasteiger partial charge on any atom is -0.406 e. The molecule has 7 nitrogen and oxygen atoms in total. The Labute approximate surface area is 218 Å². The van der Waals surface area contributed by atoms with Crippen LogP contribution in [-0.2, 0) is 0 Å². The Kier molecular flexibility index (Phi) is 7.43. The van der Waals surface area contributed by atoms with Crippen LogP contribution in [0.2, 0.25) is 0 Å². The van der Waals surface area contributed by atoms with Crippen molar-refractivity contribution < 1.29 is 40.6 Å². The number of anilines is 2. The molecule has 3 aromatic carbocycles. The van der Waals surface area contributed by atoms with E-state index in [1.54, 1.807) is 6.07 Å². The van der Waals surface area contributed by atoms with Crippen molar-refractivity contribution in [3.63, 3.8) is 0 Å². The van der Waals surface area contributed by atoms with Crippen molar-refractivity contribution in [2.75, 3.05) is 10.6 Å². The topological polar surface area (TPSA) is 77.4 Å². The Morgan fingerprint density at radius 2 is 1.31 bits per heavy atom. The van der Waals surface area contributed by atoms with Crippen molar-refractivity contribution in [2.24, 2.45) is 0 Å². The second kappa shape index (κ2) is 10.6. The number of aryl methyl sites for hydroxylation is 2. The molecule has 204 valence electrons. The molecule has 0 saturated heterocycles. The molecule has 2 amide bonds. The predicted octanol–water partition coefficient (Wildman–Crippen LogP) is 7.60. The maximum atomic E-state index is 12.7. The van der Waals surface area contributed by atoms with E-state index in [0.717, 1.165) is 35.4 Å². The van der Waals surface area contributed by atoms with Gasteiger partial charge in [-0.1, -0.05) is 6.07 Å². The number of carbonyl (C=O) groups excluding carboxylic acids is 1. The molecule has 0 saturated carbocycles. The average molecular weight is 550 g/mol. The van der Waals surface area contributed by atoms with E-state index in [0.29, 0.717) is 16.9 Å². The number of ether oxygens (including phenoxy) is 2. The van der Waals surface area contributed by atoms with Crippen LogP contribution in [0.15, 0.2) is 72.8 Å². The van der Waals surface area contributed by atoms with Crippen LogP contribution in [0.3, 0.4) is 0 Å². The Morgan fingerprint density at radius 3 is 1.85 bits per heavy atom. The first-order chi connectivity index (χ1) is 18.3. The number of alkyl halides is 6. The molecule has 0 radical (unpaired) electrons. The summed E-state index contributed by atoms with van der Waals surface area (Å²) in [6.07, 6.45) is -9.68. The zero-order chi connectivity index (χ0) is 28.4. The van der Waals surface area contributed by atoms with Gasteiger partial charge in [0.25, 0.3) is 0 Å². The normalized spacial score (nSPS) is 11.7. The SMILES string of the molecule is Cc1ccc(-n2nc(-c3ccc(OC(F)(F)F)cc3)cc2NC(=O)Nc2ccc(OC(F)(F)F)cc2)cc1C. The number of hydrogen-bond donors (Lipinski definition) is 2. The summed E-state index contributed by atoms with van der Waals surface area (Å²) in [6, 6.07) is 15.9. The second-order valence-corrected chi connectivity index (χ2v) is 8.32. The zero-order valence-corrected chi connectivity index (χ0v) is 20.3. The second-order valence-electron chi connectivity index (χ2n) is 8.32. The van der Waals surface area contributed by atoms with Gasteiger partial charge in [-0.3, -0.25) is 5.32 Å². The van der Waals surface area contributed by atoms with Crippen molar-refractivity contribution in [1.82, 2.24) is 9.78 Å². The molecule has 1 heterocycles. The molecule has 0 atom stereocenters. The standard InChI is InChI=1S/C26H20F6N4O3/c1-15-3-8-19(13-16(15)2)36-23(14-22(35-36)17-4-9-20(10-5-17)38-25(27,28)29)34-24(37)33-18-6-11-21(12-7-18)39-26(30,31)32/h3-14H,1-2H3,(H2,33,34,37). The van der Waals surface area contributed by atoms with Gasteiger partial charge in [-0.05, 0) is 85.6 Å². The van der Waals surface area contributed by atoms with Crippen LogP contribution in [0.25, 0.3) is 16.9 Å². The van der Waals surface area contributed by atoms with E-state index >= 15 is 0 Å². The van der Waals surface area contributed by atoms with E-state index in [-0.39, 0.29) is 11.5 Å². The lowest BCUT2D eigenvalue weighted by Crippen LogP contribution is -2.21. The zero-order valence-electron chi connectivity index (χ0n) is 20.3. The van der Waals surface area contributed by atoms with Crippen LogP contribution >= 0.6 is 0 Å². The summed E-state index contributed by atoms with van der Waals surface area (Å²) in [5.74, 6) is -0.625.